The molecule has 1 aromatic heterocycles. The first-order chi connectivity index (χ1) is 9.81. The summed E-state index contributed by atoms with van der Waals surface area (Å²) >= 11 is 0. The fourth-order valence-electron chi connectivity index (χ4n) is 1.95. The van der Waals surface area contributed by atoms with Gasteiger partial charge in [-0.1, -0.05) is 12.8 Å². The molecule has 1 heterocycles. The van der Waals surface area contributed by atoms with Gasteiger partial charge in [0.1, 0.15) is 17.1 Å². The molecule has 3 nitrogen and oxygen atoms in total. The Hall–Kier alpha value is -2.28. The molecule has 2 aromatic rings. The van der Waals surface area contributed by atoms with E-state index in [0.717, 1.165) is 5.39 Å². The van der Waals surface area contributed by atoms with E-state index in [1.165, 1.54) is 16.7 Å². The van der Waals surface area contributed by atoms with Crippen LogP contribution >= 0.6 is 0 Å². The number of hydrogen-bond donors (Lipinski definition) is 0. The van der Waals surface area contributed by atoms with Crippen molar-refractivity contribution >= 4 is 17.0 Å². The second-order valence-corrected chi connectivity index (χ2v) is 5.70. The van der Waals surface area contributed by atoms with E-state index in [9.17, 15) is 9.18 Å². The van der Waals surface area contributed by atoms with Gasteiger partial charge in [-0.15, -0.1) is 0 Å². The Balaban J connectivity index is 2.62. The second-order valence-electron chi connectivity index (χ2n) is 5.70. The van der Waals surface area contributed by atoms with Crippen LogP contribution in [0.25, 0.3) is 10.9 Å². The van der Waals surface area contributed by atoms with Gasteiger partial charge in [0.05, 0.1) is 5.52 Å². The van der Waals surface area contributed by atoms with Gasteiger partial charge >= 0.3 is 6.09 Å². The molecule has 0 aliphatic rings. The maximum absolute atomic E-state index is 13.5. The SMILES string of the molecule is CCC#Cc1cc2ccc(F)cc2n1C(=O)OC(C)(C)C. The summed E-state index contributed by atoms with van der Waals surface area (Å²) < 4.78 is 20.2. The largest absolute Gasteiger partial charge is 0.443 e. The van der Waals surface area contributed by atoms with Crippen molar-refractivity contribution in [2.75, 3.05) is 0 Å². The average molecular weight is 287 g/mol. The van der Waals surface area contributed by atoms with Crippen molar-refractivity contribution < 1.29 is 13.9 Å². The lowest BCUT2D eigenvalue weighted by Crippen LogP contribution is -2.27. The predicted molar refractivity (Wildman–Crippen MR) is 80.7 cm³/mol. The number of carbonyl (C=O) groups excluding carboxylic acids is 1. The molecular formula is C17H18FNO2. The summed E-state index contributed by atoms with van der Waals surface area (Å²) in [4.78, 5) is 12.4. The van der Waals surface area contributed by atoms with Gasteiger partial charge in [0.2, 0.25) is 0 Å². The van der Waals surface area contributed by atoms with Crippen LogP contribution in [-0.4, -0.2) is 16.3 Å². The van der Waals surface area contributed by atoms with Crippen molar-refractivity contribution in [2.45, 2.75) is 39.7 Å². The molecule has 21 heavy (non-hydrogen) atoms. The molecular weight excluding hydrogens is 269 g/mol. The maximum atomic E-state index is 13.5. The second kappa shape index (κ2) is 5.61. The van der Waals surface area contributed by atoms with Crippen LogP contribution in [0.1, 0.15) is 39.8 Å². The van der Waals surface area contributed by atoms with Gasteiger partial charge in [-0.3, -0.25) is 0 Å². The molecule has 0 N–H and O–H groups in total. The number of rotatable bonds is 0. The van der Waals surface area contributed by atoms with Crippen LogP contribution in [0.2, 0.25) is 0 Å². The van der Waals surface area contributed by atoms with Crippen LogP contribution in [-0.2, 0) is 4.74 Å². The standard InChI is InChI=1S/C17H18FNO2/c1-5-6-7-14-10-12-8-9-13(18)11-15(12)19(14)16(20)21-17(2,3)4/h8-11H,5H2,1-4H3. The van der Waals surface area contributed by atoms with E-state index in [0.29, 0.717) is 17.6 Å². The molecule has 1 aromatic carbocycles. The average Bonchev–Trinajstić information content (AvgIpc) is 2.71. The number of carbonyl (C=O) groups is 1. The van der Waals surface area contributed by atoms with Crippen LogP contribution in [0.15, 0.2) is 24.3 Å². The molecule has 0 bridgehead atoms. The molecule has 0 aliphatic carbocycles. The van der Waals surface area contributed by atoms with E-state index in [-0.39, 0.29) is 0 Å². The van der Waals surface area contributed by atoms with E-state index >= 15 is 0 Å². The molecule has 0 unspecified atom stereocenters. The Morgan fingerprint density at radius 2 is 2.05 bits per heavy atom. The summed E-state index contributed by atoms with van der Waals surface area (Å²) in [5.41, 5.74) is 0.340. The highest BCUT2D eigenvalue weighted by Crippen LogP contribution is 2.22. The van der Waals surface area contributed by atoms with Crippen LogP contribution < -0.4 is 0 Å². The number of benzene rings is 1. The minimum Gasteiger partial charge on any atom is -0.443 e. The van der Waals surface area contributed by atoms with Crippen LogP contribution in [0.3, 0.4) is 0 Å². The minimum atomic E-state index is -0.629. The molecule has 0 spiro atoms. The van der Waals surface area contributed by atoms with E-state index in [1.54, 1.807) is 32.9 Å². The highest BCUT2D eigenvalue weighted by Gasteiger charge is 2.21. The van der Waals surface area contributed by atoms with Gasteiger partial charge < -0.3 is 4.74 Å². The summed E-state index contributed by atoms with van der Waals surface area (Å²) in [6.07, 6.45) is 0.119. The van der Waals surface area contributed by atoms with Crippen molar-refractivity contribution in [1.82, 2.24) is 4.57 Å². The van der Waals surface area contributed by atoms with Crippen molar-refractivity contribution in [2.24, 2.45) is 0 Å². The predicted octanol–water partition coefficient (Wildman–Crippen LogP) is 4.33. The number of halogens is 1. The lowest BCUT2D eigenvalue weighted by molar-refractivity contribution is 0.0543. The van der Waals surface area contributed by atoms with Gasteiger partial charge in [-0.2, -0.15) is 0 Å². The van der Waals surface area contributed by atoms with Gasteiger partial charge in [-0.25, -0.2) is 13.8 Å². The molecule has 2 rings (SSSR count). The fourth-order valence-corrected chi connectivity index (χ4v) is 1.95. The van der Waals surface area contributed by atoms with Gasteiger partial charge in [0.15, 0.2) is 0 Å². The topological polar surface area (TPSA) is 31.2 Å². The molecule has 0 saturated heterocycles. The lowest BCUT2D eigenvalue weighted by atomic mass is 10.2. The Labute approximate surface area is 123 Å². The van der Waals surface area contributed by atoms with Gasteiger partial charge in [0.25, 0.3) is 0 Å². The highest BCUT2D eigenvalue weighted by atomic mass is 19.1. The third kappa shape index (κ3) is 3.43. The molecule has 0 aliphatic heterocycles. The van der Waals surface area contributed by atoms with Crippen LogP contribution in [0, 0.1) is 17.7 Å². The molecule has 0 saturated carbocycles. The Kier molecular flexibility index (Phi) is 4.04. The zero-order valence-corrected chi connectivity index (χ0v) is 12.7. The first kappa shape index (κ1) is 15.1. The number of ether oxygens (including phenoxy) is 1. The minimum absolute atomic E-state index is 0.402. The quantitative estimate of drug-likeness (QED) is 0.675. The van der Waals surface area contributed by atoms with E-state index < -0.39 is 17.5 Å². The Morgan fingerprint density at radius 3 is 2.67 bits per heavy atom. The lowest BCUT2D eigenvalue weighted by Gasteiger charge is -2.20. The zero-order valence-electron chi connectivity index (χ0n) is 12.7. The first-order valence-corrected chi connectivity index (χ1v) is 6.85. The molecule has 0 atom stereocenters. The van der Waals surface area contributed by atoms with Gasteiger partial charge in [-0.05, 0) is 51.0 Å². The van der Waals surface area contributed by atoms with Gasteiger partial charge in [0, 0.05) is 11.8 Å². The van der Waals surface area contributed by atoms with Crippen molar-refractivity contribution in [1.29, 1.82) is 0 Å². The van der Waals surface area contributed by atoms with Crippen molar-refractivity contribution in [3.8, 4) is 11.8 Å². The number of aromatic nitrogens is 1. The monoisotopic (exact) mass is 287 g/mol. The molecule has 4 heteroatoms. The van der Waals surface area contributed by atoms with E-state index in [2.05, 4.69) is 11.8 Å². The third-order valence-corrected chi connectivity index (χ3v) is 2.74. The van der Waals surface area contributed by atoms with E-state index in [1.807, 2.05) is 6.92 Å². The third-order valence-electron chi connectivity index (χ3n) is 2.74. The Bertz CT molecular complexity index is 742. The summed E-state index contributed by atoms with van der Waals surface area (Å²) in [6.45, 7) is 7.28. The highest BCUT2D eigenvalue weighted by molar-refractivity contribution is 5.92. The number of fused-ring (bicyclic) bond motifs is 1. The van der Waals surface area contributed by atoms with Crippen LogP contribution in [0.4, 0.5) is 9.18 Å². The summed E-state index contributed by atoms with van der Waals surface area (Å²) in [6, 6.07) is 6.07. The smallest absolute Gasteiger partial charge is 0.420 e. The Morgan fingerprint density at radius 1 is 1.33 bits per heavy atom. The summed E-state index contributed by atoms with van der Waals surface area (Å²) in [5, 5.41) is 0.752. The summed E-state index contributed by atoms with van der Waals surface area (Å²) in [5.74, 6) is 5.45. The maximum Gasteiger partial charge on any atom is 0.420 e. The van der Waals surface area contributed by atoms with Crippen LogP contribution in [0.5, 0.6) is 0 Å². The molecule has 0 radical (unpaired) electrons. The normalized spacial score (nSPS) is 11.1. The fraction of sp³-hybridized carbons (Fsp3) is 0.353. The molecule has 0 fully saturated rings. The van der Waals surface area contributed by atoms with Crippen molar-refractivity contribution in [3.05, 3.63) is 35.8 Å². The number of nitrogens with zero attached hydrogens (tertiary/aromatic N) is 1. The molecule has 110 valence electrons. The van der Waals surface area contributed by atoms with Crippen molar-refractivity contribution in [3.63, 3.8) is 0 Å². The first-order valence-electron chi connectivity index (χ1n) is 6.85. The summed E-state index contributed by atoms with van der Waals surface area (Å²) in [7, 11) is 0. The molecule has 0 amide bonds. The number of hydrogen-bond acceptors (Lipinski definition) is 2. The van der Waals surface area contributed by atoms with E-state index in [4.69, 9.17) is 4.74 Å². The zero-order chi connectivity index (χ0) is 15.6.